The summed E-state index contributed by atoms with van der Waals surface area (Å²) < 4.78 is 5.21. The van der Waals surface area contributed by atoms with Crippen LogP contribution in [0.25, 0.3) is 0 Å². The van der Waals surface area contributed by atoms with Crippen molar-refractivity contribution in [3.8, 4) is 0 Å². The Labute approximate surface area is 184 Å². The molecule has 0 amide bonds. The minimum absolute atomic E-state index is 0.0616. The molecule has 31 heavy (non-hydrogen) atoms. The molecule has 0 fully saturated rings. The number of rotatable bonds is 5. The lowest BCUT2D eigenvalue weighted by Crippen LogP contribution is -2.37. The second-order valence-corrected chi connectivity index (χ2v) is 8.05. The maximum atomic E-state index is 12.9. The van der Waals surface area contributed by atoms with Crippen molar-refractivity contribution in [1.82, 2.24) is 5.32 Å². The van der Waals surface area contributed by atoms with Crippen LogP contribution >= 0.6 is 0 Å². The van der Waals surface area contributed by atoms with Crippen LogP contribution in [-0.2, 0) is 9.53 Å². The minimum Gasteiger partial charge on any atom is -0.466 e. The molecule has 2 N–H and O–H groups in total. The number of esters is 1. The second kappa shape index (κ2) is 9.19. The summed E-state index contributed by atoms with van der Waals surface area (Å²) in [7, 11) is 1.44. The third-order valence-electron chi connectivity index (χ3n) is 5.75. The molecule has 0 saturated heterocycles. The molecule has 3 aromatic rings. The Bertz CT molecular complexity index is 1070. The van der Waals surface area contributed by atoms with Gasteiger partial charge in [0.15, 0.2) is 0 Å². The fraction of sp³-hybridized carbons (Fsp3) is 0.222. The van der Waals surface area contributed by atoms with E-state index >= 15 is 0 Å². The van der Waals surface area contributed by atoms with Crippen LogP contribution in [0.5, 0.6) is 0 Å². The quantitative estimate of drug-likeness (QED) is 0.534. The molecule has 3 aromatic carbocycles. The van der Waals surface area contributed by atoms with E-state index in [9.17, 15) is 4.79 Å². The molecule has 0 aromatic heterocycles. The van der Waals surface area contributed by atoms with Gasteiger partial charge in [0.2, 0.25) is 0 Å². The molecular formula is C27H28N2O2. The van der Waals surface area contributed by atoms with Gasteiger partial charge in [-0.3, -0.25) is 5.32 Å². The Morgan fingerprint density at radius 3 is 2.03 bits per heavy atom. The summed E-state index contributed by atoms with van der Waals surface area (Å²) >= 11 is 0. The molecule has 4 heteroatoms. The maximum Gasteiger partial charge on any atom is 0.337 e. The lowest BCUT2D eigenvalue weighted by Gasteiger charge is -2.35. The zero-order valence-electron chi connectivity index (χ0n) is 18.2. The summed E-state index contributed by atoms with van der Waals surface area (Å²) in [4.78, 5) is 12.9. The van der Waals surface area contributed by atoms with Gasteiger partial charge in [-0.2, -0.15) is 0 Å². The number of benzene rings is 3. The Hall–Kier alpha value is -3.37. The van der Waals surface area contributed by atoms with Gasteiger partial charge in [-0.25, -0.2) is 4.79 Å². The van der Waals surface area contributed by atoms with E-state index in [1.165, 1.54) is 23.8 Å². The lowest BCUT2D eigenvalue weighted by molar-refractivity contribution is -0.136. The molecule has 0 unspecified atom stereocenters. The number of nitrogens with one attached hydrogen (secondary N) is 2. The summed E-state index contributed by atoms with van der Waals surface area (Å²) in [6.07, 6.45) is 0.657. The van der Waals surface area contributed by atoms with Crippen LogP contribution in [0.3, 0.4) is 0 Å². The van der Waals surface area contributed by atoms with E-state index < -0.39 is 0 Å². The normalized spacial score (nSPS) is 18.5. The van der Waals surface area contributed by atoms with Gasteiger partial charge in [0.25, 0.3) is 0 Å². The average Bonchev–Trinajstić information content (AvgIpc) is 2.80. The Balaban J connectivity index is 1.81. The van der Waals surface area contributed by atoms with Crippen LogP contribution in [0.2, 0.25) is 0 Å². The minimum atomic E-state index is -0.320. The standard InChI is InChI=1S/C27H28N2O2/c1-18-9-13-20(14-10-18)23-17-24(28-22-7-5-4-6-8-22)25(27(30)31-3)26(29-23)21-15-11-19(2)12-16-21/h4-16,23,26,28-29H,17H2,1-3H3/t23-,26+/m0/s1. The SMILES string of the molecule is COC(=O)C1=C(Nc2ccccc2)C[C@@H](c2ccc(C)cc2)N[C@@H]1c1ccc(C)cc1. The average molecular weight is 413 g/mol. The van der Waals surface area contributed by atoms with Crippen LogP contribution in [0, 0.1) is 13.8 Å². The fourth-order valence-electron chi connectivity index (χ4n) is 4.03. The van der Waals surface area contributed by atoms with E-state index in [2.05, 4.69) is 73.0 Å². The van der Waals surface area contributed by atoms with Crippen molar-refractivity contribution >= 4 is 11.7 Å². The van der Waals surface area contributed by atoms with Gasteiger partial charge < -0.3 is 10.1 Å². The van der Waals surface area contributed by atoms with Crippen molar-refractivity contribution in [3.63, 3.8) is 0 Å². The number of ether oxygens (including phenoxy) is 1. The molecular weight excluding hydrogens is 384 g/mol. The van der Waals surface area contributed by atoms with Crippen molar-refractivity contribution in [3.05, 3.63) is 112 Å². The van der Waals surface area contributed by atoms with E-state index in [1.54, 1.807) is 0 Å². The van der Waals surface area contributed by atoms with Crippen molar-refractivity contribution in [1.29, 1.82) is 0 Å². The first-order chi connectivity index (χ1) is 15.0. The van der Waals surface area contributed by atoms with Crippen molar-refractivity contribution in [2.45, 2.75) is 32.4 Å². The summed E-state index contributed by atoms with van der Waals surface area (Å²) in [5.74, 6) is -0.320. The largest absolute Gasteiger partial charge is 0.466 e. The molecule has 1 aliphatic rings. The summed E-state index contributed by atoms with van der Waals surface area (Å²) in [5.41, 5.74) is 7.09. The Morgan fingerprint density at radius 2 is 1.45 bits per heavy atom. The fourth-order valence-corrected chi connectivity index (χ4v) is 4.03. The van der Waals surface area contributed by atoms with Crippen molar-refractivity contribution < 1.29 is 9.53 Å². The second-order valence-electron chi connectivity index (χ2n) is 8.05. The molecule has 4 rings (SSSR count). The molecule has 0 aliphatic carbocycles. The first-order valence-corrected chi connectivity index (χ1v) is 10.6. The number of hydrogen-bond donors (Lipinski definition) is 2. The molecule has 158 valence electrons. The van der Waals surface area contributed by atoms with Crippen LogP contribution < -0.4 is 10.6 Å². The highest BCUT2D eigenvalue weighted by Gasteiger charge is 2.35. The number of carbonyl (C=O) groups excluding carboxylic acids is 1. The van der Waals surface area contributed by atoms with Crippen LogP contribution in [0.15, 0.2) is 90.1 Å². The smallest absolute Gasteiger partial charge is 0.337 e. The van der Waals surface area contributed by atoms with Crippen molar-refractivity contribution in [2.75, 3.05) is 12.4 Å². The number of anilines is 1. The van der Waals surface area contributed by atoms with Crippen molar-refractivity contribution in [2.24, 2.45) is 0 Å². The predicted molar refractivity (Wildman–Crippen MR) is 125 cm³/mol. The van der Waals surface area contributed by atoms with Crippen LogP contribution in [0.1, 0.15) is 40.8 Å². The Kier molecular flexibility index (Phi) is 6.19. The highest BCUT2D eigenvalue weighted by atomic mass is 16.5. The van der Waals surface area contributed by atoms with Crippen LogP contribution in [0.4, 0.5) is 5.69 Å². The Morgan fingerprint density at radius 1 is 0.871 bits per heavy atom. The molecule has 0 bridgehead atoms. The monoisotopic (exact) mass is 412 g/mol. The summed E-state index contributed by atoms with van der Waals surface area (Å²) in [6, 6.07) is 26.6. The highest BCUT2D eigenvalue weighted by molar-refractivity contribution is 5.92. The number of hydrogen-bond acceptors (Lipinski definition) is 4. The molecule has 1 heterocycles. The van der Waals surface area contributed by atoms with Gasteiger partial charge in [0.05, 0.1) is 18.7 Å². The van der Waals surface area contributed by atoms with E-state index in [0.717, 1.165) is 16.9 Å². The van der Waals surface area contributed by atoms with Gasteiger partial charge in [-0.05, 0) is 37.1 Å². The third-order valence-corrected chi connectivity index (χ3v) is 5.75. The molecule has 0 spiro atoms. The first-order valence-electron chi connectivity index (χ1n) is 10.6. The molecule has 2 atom stereocenters. The third kappa shape index (κ3) is 4.70. The number of methoxy groups -OCH3 is 1. The zero-order valence-corrected chi connectivity index (χ0v) is 18.2. The van der Waals surface area contributed by atoms with Crippen LogP contribution in [-0.4, -0.2) is 13.1 Å². The topological polar surface area (TPSA) is 50.4 Å². The molecule has 0 saturated carbocycles. The number of para-hydroxylation sites is 1. The molecule has 0 radical (unpaired) electrons. The van der Waals surface area contributed by atoms with E-state index in [4.69, 9.17) is 4.74 Å². The van der Waals surface area contributed by atoms with E-state index in [0.29, 0.717) is 12.0 Å². The maximum absolute atomic E-state index is 12.9. The number of aryl methyl sites for hydroxylation is 2. The highest BCUT2D eigenvalue weighted by Crippen LogP contribution is 2.38. The zero-order chi connectivity index (χ0) is 21.8. The summed E-state index contributed by atoms with van der Waals surface area (Å²) in [6.45, 7) is 4.15. The van der Waals surface area contributed by atoms with E-state index in [1.807, 2.05) is 30.3 Å². The molecule has 4 nitrogen and oxygen atoms in total. The molecule has 1 aliphatic heterocycles. The number of carbonyl (C=O) groups is 1. The van der Waals surface area contributed by atoms with E-state index in [-0.39, 0.29) is 18.1 Å². The van der Waals surface area contributed by atoms with Gasteiger partial charge in [0.1, 0.15) is 0 Å². The predicted octanol–water partition coefficient (Wildman–Crippen LogP) is 5.62. The summed E-state index contributed by atoms with van der Waals surface area (Å²) in [5, 5.41) is 7.21. The van der Waals surface area contributed by atoms with Gasteiger partial charge in [-0.15, -0.1) is 0 Å². The first kappa shape index (κ1) is 20.9. The van der Waals surface area contributed by atoms with Gasteiger partial charge in [0, 0.05) is 23.8 Å². The van der Waals surface area contributed by atoms with Gasteiger partial charge in [-0.1, -0.05) is 77.9 Å². The van der Waals surface area contributed by atoms with Gasteiger partial charge >= 0.3 is 5.97 Å². The lowest BCUT2D eigenvalue weighted by atomic mass is 9.86.